The van der Waals surface area contributed by atoms with Crippen molar-refractivity contribution < 1.29 is 34.1 Å². The summed E-state index contributed by atoms with van der Waals surface area (Å²) in [6.45, 7) is 3.01. The molecule has 1 amide bonds. The molecule has 1 rings (SSSR count). The van der Waals surface area contributed by atoms with E-state index in [9.17, 15) is 19.2 Å². The van der Waals surface area contributed by atoms with Gasteiger partial charge in [0.15, 0.2) is 11.9 Å². The maximum Gasteiger partial charge on any atom is 0.394 e. The van der Waals surface area contributed by atoms with Crippen molar-refractivity contribution in [3.8, 4) is 5.75 Å². The molecule has 0 aromatic heterocycles. The number of nitrogens with one attached hydrogen (secondary N) is 1. The van der Waals surface area contributed by atoms with Gasteiger partial charge in [-0.05, 0) is 31.5 Å². The molecule has 0 saturated carbocycles. The minimum Gasteiger partial charge on any atom is -0.483 e. The number of hydrogen-bond acceptors (Lipinski definition) is 5. The molecule has 124 valence electrons. The van der Waals surface area contributed by atoms with Gasteiger partial charge in [0.2, 0.25) is 0 Å². The number of carbonyl (C=O) groups excluding carboxylic acids is 2. The van der Waals surface area contributed by atoms with Crippen LogP contribution in [0, 0.1) is 0 Å². The molecule has 8 heteroatoms. The second-order valence-corrected chi connectivity index (χ2v) is 4.89. The van der Waals surface area contributed by atoms with Gasteiger partial charge in [0.25, 0.3) is 0 Å². The molecule has 23 heavy (non-hydrogen) atoms. The van der Waals surface area contributed by atoms with E-state index in [1.54, 1.807) is 31.2 Å². The van der Waals surface area contributed by atoms with Crippen molar-refractivity contribution in [3.63, 3.8) is 0 Å². The molecule has 0 bridgehead atoms. The highest BCUT2D eigenvalue weighted by atomic mass is 16.5. The normalized spacial score (nSPS) is 12.8. The number of ketones is 1. The second kappa shape index (κ2) is 7.92. The van der Waals surface area contributed by atoms with E-state index >= 15 is 0 Å². The highest BCUT2D eigenvalue weighted by molar-refractivity contribution is 6.31. The summed E-state index contributed by atoms with van der Waals surface area (Å²) in [6.07, 6.45) is -0.681. The number of rotatable bonds is 7. The van der Waals surface area contributed by atoms with Crippen LogP contribution < -0.4 is 10.1 Å². The Morgan fingerprint density at radius 2 is 1.70 bits per heavy atom. The lowest BCUT2D eigenvalue weighted by Crippen LogP contribution is -2.45. The lowest BCUT2D eigenvalue weighted by atomic mass is 10.1. The second-order valence-electron chi connectivity index (χ2n) is 4.89. The average Bonchev–Trinajstić information content (AvgIpc) is 2.47. The first-order chi connectivity index (χ1) is 10.7. The zero-order valence-electron chi connectivity index (χ0n) is 12.6. The predicted molar refractivity (Wildman–Crippen MR) is 78.1 cm³/mol. The van der Waals surface area contributed by atoms with Crippen LogP contribution in [-0.2, 0) is 25.6 Å². The predicted octanol–water partition coefficient (Wildman–Crippen LogP) is 0.239. The van der Waals surface area contributed by atoms with E-state index in [1.165, 1.54) is 6.92 Å². The van der Waals surface area contributed by atoms with Gasteiger partial charge in [-0.2, -0.15) is 0 Å². The van der Waals surface area contributed by atoms with Crippen molar-refractivity contribution in [1.29, 1.82) is 0 Å². The summed E-state index contributed by atoms with van der Waals surface area (Å²) in [4.78, 5) is 43.7. The number of carbonyl (C=O) groups is 4. The summed E-state index contributed by atoms with van der Waals surface area (Å²) in [5, 5.41) is 19.4. The molecular formula is C15H17NO7. The van der Waals surface area contributed by atoms with Crippen LogP contribution in [0.5, 0.6) is 5.75 Å². The minimum absolute atomic E-state index is 0.0864. The van der Waals surface area contributed by atoms with Crippen molar-refractivity contribution >= 4 is 23.6 Å². The smallest absolute Gasteiger partial charge is 0.394 e. The van der Waals surface area contributed by atoms with Crippen LogP contribution in [-0.4, -0.2) is 46.0 Å². The van der Waals surface area contributed by atoms with Crippen LogP contribution in [0.15, 0.2) is 24.3 Å². The Balaban J connectivity index is 2.74. The largest absolute Gasteiger partial charge is 0.483 e. The number of ether oxygens (including phenoxy) is 1. The number of hydrogen-bond donors (Lipinski definition) is 3. The SMILES string of the molecule is CC(=O)C(C)Oc1ccc(C[C@@H](NC(=O)C(=O)O)C(=O)O)cc1. The van der Waals surface area contributed by atoms with Gasteiger partial charge >= 0.3 is 17.8 Å². The fourth-order valence-corrected chi connectivity index (χ4v) is 1.65. The number of carboxylic acids is 2. The third-order valence-electron chi connectivity index (χ3n) is 3.05. The Morgan fingerprint density at radius 1 is 1.13 bits per heavy atom. The standard InChI is InChI=1S/C15H17NO7/c1-8(17)9(2)23-11-5-3-10(4-6-11)7-12(14(19)20)16-13(18)15(21)22/h3-6,9,12H,7H2,1-2H3,(H,16,18)(H,19,20)(H,21,22)/t9?,12-/m1/s1. The maximum atomic E-state index is 11.1. The monoisotopic (exact) mass is 323 g/mol. The molecule has 0 radical (unpaired) electrons. The number of aliphatic carboxylic acids is 2. The first kappa shape index (κ1) is 18.1. The van der Waals surface area contributed by atoms with Crippen molar-refractivity contribution in [2.24, 2.45) is 0 Å². The third kappa shape index (κ3) is 5.77. The van der Waals surface area contributed by atoms with E-state index in [0.29, 0.717) is 11.3 Å². The van der Waals surface area contributed by atoms with Gasteiger partial charge in [-0.25, -0.2) is 9.59 Å². The van der Waals surface area contributed by atoms with E-state index in [0.717, 1.165) is 0 Å². The molecular weight excluding hydrogens is 306 g/mol. The van der Waals surface area contributed by atoms with E-state index in [1.807, 2.05) is 5.32 Å². The molecule has 1 aromatic carbocycles. The fraction of sp³-hybridized carbons (Fsp3) is 0.333. The van der Waals surface area contributed by atoms with E-state index in [-0.39, 0.29) is 12.2 Å². The van der Waals surface area contributed by atoms with E-state index < -0.39 is 30.0 Å². The lowest BCUT2D eigenvalue weighted by Gasteiger charge is -2.14. The molecule has 3 N–H and O–H groups in total. The first-order valence-electron chi connectivity index (χ1n) is 6.73. The molecule has 0 aliphatic rings. The molecule has 0 fully saturated rings. The highest BCUT2D eigenvalue weighted by Crippen LogP contribution is 2.15. The van der Waals surface area contributed by atoms with Gasteiger partial charge in [-0.15, -0.1) is 0 Å². The topological polar surface area (TPSA) is 130 Å². The van der Waals surface area contributed by atoms with Gasteiger partial charge in [-0.1, -0.05) is 12.1 Å². The molecule has 0 saturated heterocycles. The van der Waals surface area contributed by atoms with E-state index in [4.69, 9.17) is 14.9 Å². The number of amides is 1. The van der Waals surface area contributed by atoms with Gasteiger partial charge in [0.1, 0.15) is 11.8 Å². The van der Waals surface area contributed by atoms with Crippen molar-refractivity contribution in [2.45, 2.75) is 32.4 Å². The van der Waals surface area contributed by atoms with Gasteiger partial charge in [-0.3, -0.25) is 9.59 Å². The molecule has 8 nitrogen and oxygen atoms in total. The van der Waals surface area contributed by atoms with Crippen molar-refractivity contribution in [2.75, 3.05) is 0 Å². The van der Waals surface area contributed by atoms with Gasteiger partial charge < -0.3 is 20.3 Å². The van der Waals surface area contributed by atoms with Crippen LogP contribution >= 0.6 is 0 Å². The zero-order chi connectivity index (χ0) is 17.6. The summed E-state index contributed by atoms with van der Waals surface area (Å²) in [5.74, 6) is -4.16. The summed E-state index contributed by atoms with van der Waals surface area (Å²) < 4.78 is 5.37. The molecule has 0 spiro atoms. The third-order valence-corrected chi connectivity index (χ3v) is 3.05. The molecule has 0 aliphatic heterocycles. The number of carboxylic acid groups (broad SMARTS) is 2. The van der Waals surface area contributed by atoms with Gasteiger partial charge in [0, 0.05) is 6.42 Å². The minimum atomic E-state index is -1.75. The van der Waals surface area contributed by atoms with Crippen LogP contribution in [0.2, 0.25) is 0 Å². The van der Waals surface area contributed by atoms with Crippen LogP contribution in [0.1, 0.15) is 19.4 Å². The van der Waals surface area contributed by atoms with Crippen LogP contribution in [0.3, 0.4) is 0 Å². The van der Waals surface area contributed by atoms with Crippen molar-refractivity contribution in [1.82, 2.24) is 5.32 Å². The quantitative estimate of drug-likeness (QED) is 0.613. The Bertz CT molecular complexity index is 609. The Hall–Kier alpha value is -2.90. The molecule has 1 unspecified atom stereocenters. The fourth-order valence-electron chi connectivity index (χ4n) is 1.65. The number of Topliss-reactive ketones (excluding diaryl/α,β-unsaturated/α-hetero) is 1. The Morgan fingerprint density at radius 3 is 2.13 bits per heavy atom. The van der Waals surface area contributed by atoms with E-state index in [2.05, 4.69) is 0 Å². The van der Waals surface area contributed by atoms with Crippen LogP contribution in [0.4, 0.5) is 0 Å². The molecule has 0 heterocycles. The summed E-state index contributed by atoms with van der Waals surface area (Å²) >= 11 is 0. The summed E-state index contributed by atoms with van der Waals surface area (Å²) in [5.41, 5.74) is 0.561. The van der Waals surface area contributed by atoms with Gasteiger partial charge in [0.05, 0.1) is 0 Å². The molecule has 0 aliphatic carbocycles. The summed E-state index contributed by atoms with van der Waals surface area (Å²) in [7, 11) is 0. The first-order valence-corrected chi connectivity index (χ1v) is 6.73. The zero-order valence-corrected chi connectivity index (χ0v) is 12.6. The van der Waals surface area contributed by atoms with Crippen LogP contribution in [0.25, 0.3) is 0 Å². The van der Waals surface area contributed by atoms with Crippen molar-refractivity contribution in [3.05, 3.63) is 29.8 Å². The maximum absolute atomic E-state index is 11.1. The highest BCUT2D eigenvalue weighted by Gasteiger charge is 2.23. The Labute approximate surface area is 132 Å². The lowest BCUT2D eigenvalue weighted by molar-refractivity contribution is -0.152. The molecule has 1 aromatic rings. The average molecular weight is 323 g/mol. The number of benzene rings is 1. The summed E-state index contributed by atoms with van der Waals surface area (Å²) in [6, 6.07) is 4.91. The Kier molecular flexibility index (Phi) is 6.25. The molecule has 2 atom stereocenters.